The summed E-state index contributed by atoms with van der Waals surface area (Å²) in [5.74, 6) is 0. The van der Waals surface area contributed by atoms with Crippen LogP contribution in [-0.2, 0) is 9.47 Å². The molecule has 0 aromatic rings. The molecule has 2 unspecified atom stereocenters. The predicted molar refractivity (Wildman–Crippen MR) is 77.5 cm³/mol. The van der Waals surface area contributed by atoms with E-state index in [1.54, 1.807) is 0 Å². The molecule has 0 aromatic carbocycles. The number of piperidine rings is 1. The number of hydrogen-bond donors (Lipinski definition) is 1. The summed E-state index contributed by atoms with van der Waals surface area (Å²) >= 11 is 0. The molecule has 4 nitrogen and oxygen atoms in total. The molecule has 19 heavy (non-hydrogen) atoms. The molecule has 0 aromatic heterocycles. The van der Waals surface area contributed by atoms with E-state index in [0.717, 1.165) is 26.2 Å². The van der Waals surface area contributed by atoms with Crippen molar-refractivity contribution in [2.24, 2.45) is 0 Å². The summed E-state index contributed by atoms with van der Waals surface area (Å²) in [6.45, 7) is 8.80. The van der Waals surface area contributed by atoms with Gasteiger partial charge < -0.3 is 19.7 Å². The highest BCUT2D eigenvalue weighted by atomic mass is 16.5. The molecule has 0 radical (unpaired) electrons. The van der Waals surface area contributed by atoms with E-state index in [2.05, 4.69) is 24.1 Å². The molecule has 2 heterocycles. The van der Waals surface area contributed by atoms with Crippen LogP contribution in [0.4, 0.5) is 0 Å². The largest absolute Gasteiger partial charge is 0.381 e. The summed E-state index contributed by atoms with van der Waals surface area (Å²) in [5, 5.41) is 3.47. The number of nitrogens with one attached hydrogen (secondary N) is 1. The minimum absolute atomic E-state index is 0.420. The van der Waals surface area contributed by atoms with Crippen molar-refractivity contribution in [3.05, 3.63) is 0 Å². The Morgan fingerprint density at radius 1 is 1.16 bits per heavy atom. The quantitative estimate of drug-likeness (QED) is 0.795. The van der Waals surface area contributed by atoms with Crippen LogP contribution in [0.3, 0.4) is 0 Å². The van der Waals surface area contributed by atoms with Crippen molar-refractivity contribution in [1.82, 2.24) is 10.2 Å². The van der Waals surface area contributed by atoms with E-state index in [-0.39, 0.29) is 0 Å². The first-order chi connectivity index (χ1) is 9.17. The zero-order chi connectivity index (χ0) is 13.7. The third kappa shape index (κ3) is 5.03. The summed E-state index contributed by atoms with van der Waals surface area (Å²) in [4.78, 5) is 2.54. The number of nitrogens with zero attached hydrogens (tertiary/aromatic N) is 1. The maximum Gasteiger partial charge on any atom is 0.0707 e. The number of likely N-dealkylation sites (tertiary alicyclic amines) is 1. The van der Waals surface area contributed by atoms with E-state index >= 15 is 0 Å². The Bertz CT molecular complexity index is 253. The van der Waals surface area contributed by atoms with Crippen LogP contribution in [0, 0.1) is 0 Å². The van der Waals surface area contributed by atoms with Gasteiger partial charge in [0.25, 0.3) is 0 Å². The van der Waals surface area contributed by atoms with E-state index in [4.69, 9.17) is 9.47 Å². The average Bonchev–Trinajstić information content (AvgIpc) is 2.85. The van der Waals surface area contributed by atoms with Crippen molar-refractivity contribution >= 4 is 0 Å². The summed E-state index contributed by atoms with van der Waals surface area (Å²) in [6, 6.07) is 0.552. The molecular formula is C15H30N2O2. The highest BCUT2D eigenvalue weighted by Gasteiger charge is 2.28. The van der Waals surface area contributed by atoms with Gasteiger partial charge in [0.05, 0.1) is 18.3 Å². The van der Waals surface area contributed by atoms with Crippen molar-refractivity contribution in [3.8, 4) is 0 Å². The molecule has 1 N–H and O–H groups in total. The van der Waals surface area contributed by atoms with E-state index in [0.29, 0.717) is 24.4 Å². The number of ether oxygens (including phenoxy) is 2. The molecule has 0 aliphatic carbocycles. The molecule has 4 heteroatoms. The van der Waals surface area contributed by atoms with Gasteiger partial charge in [0.15, 0.2) is 0 Å². The highest BCUT2D eigenvalue weighted by molar-refractivity contribution is 4.80. The van der Waals surface area contributed by atoms with Gasteiger partial charge in [-0.15, -0.1) is 0 Å². The first-order valence-electron chi connectivity index (χ1n) is 7.81. The number of hydrogen-bond acceptors (Lipinski definition) is 4. The zero-order valence-electron chi connectivity index (χ0n) is 12.7. The molecule has 112 valence electrons. The van der Waals surface area contributed by atoms with E-state index in [9.17, 15) is 0 Å². The number of methoxy groups -OCH3 is 1. The van der Waals surface area contributed by atoms with Crippen LogP contribution in [-0.4, -0.2) is 62.5 Å². The van der Waals surface area contributed by atoms with Gasteiger partial charge in [-0.25, -0.2) is 0 Å². The molecule has 0 saturated carbocycles. The number of rotatable bonds is 6. The Balaban J connectivity index is 1.62. The van der Waals surface area contributed by atoms with Gasteiger partial charge in [0.1, 0.15) is 0 Å². The van der Waals surface area contributed by atoms with Crippen molar-refractivity contribution < 1.29 is 9.47 Å². The second-order valence-corrected chi connectivity index (χ2v) is 6.26. The van der Waals surface area contributed by atoms with E-state index in [1.807, 2.05) is 7.11 Å². The average molecular weight is 270 g/mol. The van der Waals surface area contributed by atoms with Crippen LogP contribution in [0.25, 0.3) is 0 Å². The van der Waals surface area contributed by atoms with Crippen molar-refractivity contribution in [1.29, 1.82) is 0 Å². The maximum atomic E-state index is 6.13. The second kappa shape index (κ2) is 7.58. The third-order valence-electron chi connectivity index (χ3n) is 4.28. The normalized spacial score (nSPS) is 30.3. The molecule has 2 aliphatic rings. The van der Waals surface area contributed by atoms with Gasteiger partial charge in [0.2, 0.25) is 0 Å². The summed E-state index contributed by atoms with van der Waals surface area (Å²) in [7, 11) is 1.83. The molecule has 0 bridgehead atoms. The SMILES string of the molecule is COC1CCN(CC2CCC(CNC(C)C)O2)CC1. The van der Waals surface area contributed by atoms with Crippen LogP contribution < -0.4 is 5.32 Å². The van der Waals surface area contributed by atoms with E-state index < -0.39 is 0 Å². The van der Waals surface area contributed by atoms with Gasteiger partial charge in [-0.2, -0.15) is 0 Å². The fourth-order valence-corrected chi connectivity index (χ4v) is 3.05. The lowest BCUT2D eigenvalue weighted by Crippen LogP contribution is -2.41. The van der Waals surface area contributed by atoms with Crippen LogP contribution in [0.15, 0.2) is 0 Å². The Morgan fingerprint density at radius 3 is 2.47 bits per heavy atom. The Hall–Kier alpha value is -0.160. The lowest BCUT2D eigenvalue weighted by atomic mass is 10.1. The fraction of sp³-hybridized carbons (Fsp3) is 1.00. The van der Waals surface area contributed by atoms with Crippen molar-refractivity contribution in [2.75, 3.05) is 33.3 Å². The van der Waals surface area contributed by atoms with Gasteiger partial charge in [-0.05, 0) is 25.7 Å². The predicted octanol–water partition coefficient (Wildman–Crippen LogP) is 1.64. The van der Waals surface area contributed by atoms with E-state index in [1.165, 1.54) is 25.7 Å². The smallest absolute Gasteiger partial charge is 0.0707 e. The second-order valence-electron chi connectivity index (χ2n) is 6.26. The molecule has 0 spiro atoms. The summed E-state index contributed by atoms with van der Waals surface area (Å²) < 4.78 is 11.5. The standard InChI is InChI=1S/C15H30N2O2/c1-12(2)16-10-14-4-5-15(19-14)11-17-8-6-13(18-3)7-9-17/h12-16H,4-11H2,1-3H3. The van der Waals surface area contributed by atoms with Gasteiger partial charge in [-0.1, -0.05) is 13.8 Å². The lowest BCUT2D eigenvalue weighted by molar-refractivity contribution is -0.00180. The van der Waals surface area contributed by atoms with Gasteiger partial charge in [-0.3, -0.25) is 0 Å². The molecule has 2 saturated heterocycles. The molecule has 2 fully saturated rings. The monoisotopic (exact) mass is 270 g/mol. The molecule has 2 atom stereocenters. The van der Waals surface area contributed by atoms with Gasteiger partial charge in [0, 0.05) is 39.3 Å². The zero-order valence-corrected chi connectivity index (χ0v) is 12.7. The Labute approximate surface area is 117 Å². The van der Waals surface area contributed by atoms with Crippen molar-refractivity contribution in [2.45, 2.75) is 63.9 Å². The fourth-order valence-electron chi connectivity index (χ4n) is 3.05. The minimum atomic E-state index is 0.420. The Morgan fingerprint density at radius 2 is 1.84 bits per heavy atom. The van der Waals surface area contributed by atoms with Crippen molar-refractivity contribution in [3.63, 3.8) is 0 Å². The molecular weight excluding hydrogens is 240 g/mol. The molecule has 2 aliphatic heterocycles. The van der Waals surface area contributed by atoms with Gasteiger partial charge >= 0.3 is 0 Å². The van der Waals surface area contributed by atoms with Crippen LogP contribution >= 0.6 is 0 Å². The summed E-state index contributed by atoms with van der Waals surface area (Å²) in [6.07, 6.45) is 6.10. The Kier molecular flexibility index (Phi) is 6.07. The first kappa shape index (κ1) is 15.2. The molecule has 2 rings (SSSR count). The van der Waals surface area contributed by atoms with Crippen LogP contribution in [0.5, 0.6) is 0 Å². The minimum Gasteiger partial charge on any atom is -0.381 e. The maximum absolute atomic E-state index is 6.13. The van der Waals surface area contributed by atoms with Crippen LogP contribution in [0.2, 0.25) is 0 Å². The third-order valence-corrected chi connectivity index (χ3v) is 4.28. The summed E-state index contributed by atoms with van der Waals surface area (Å²) in [5.41, 5.74) is 0. The molecule has 0 amide bonds. The lowest BCUT2D eigenvalue weighted by Gasteiger charge is -2.32. The first-order valence-corrected chi connectivity index (χ1v) is 7.81. The van der Waals surface area contributed by atoms with Crippen LogP contribution in [0.1, 0.15) is 39.5 Å². The topological polar surface area (TPSA) is 33.7 Å². The highest BCUT2D eigenvalue weighted by Crippen LogP contribution is 2.22.